The number of ether oxygens (including phenoxy) is 1. The largest absolute Gasteiger partial charge is 0.463 e. The third-order valence-electron chi connectivity index (χ3n) is 1.54. The van der Waals surface area contributed by atoms with Gasteiger partial charge in [-0.05, 0) is 18.5 Å². The molecular formula is C8H10ClF3N4O. The molecule has 1 rings (SSSR count). The van der Waals surface area contributed by atoms with Gasteiger partial charge in [0, 0.05) is 6.54 Å². The van der Waals surface area contributed by atoms with Crippen LogP contribution in [0.1, 0.15) is 13.3 Å². The summed E-state index contributed by atoms with van der Waals surface area (Å²) < 4.78 is 40.3. The van der Waals surface area contributed by atoms with E-state index in [1.807, 2.05) is 6.92 Å². The Morgan fingerprint density at radius 2 is 2.00 bits per heavy atom. The van der Waals surface area contributed by atoms with Gasteiger partial charge < -0.3 is 10.1 Å². The van der Waals surface area contributed by atoms with Gasteiger partial charge in [-0.3, -0.25) is 0 Å². The van der Waals surface area contributed by atoms with Crippen LogP contribution in [0.25, 0.3) is 0 Å². The highest BCUT2D eigenvalue weighted by molar-refractivity contribution is 6.28. The van der Waals surface area contributed by atoms with Crippen molar-refractivity contribution in [1.82, 2.24) is 15.0 Å². The zero-order valence-corrected chi connectivity index (χ0v) is 9.64. The second-order valence-corrected chi connectivity index (χ2v) is 3.29. The summed E-state index contributed by atoms with van der Waals surface area (Å²) in [4.78, 5) is 11.0. The molecule has 0 aromatic carbocycles. The van der Waals surface area contributed by atoms with Gasteiger partial charge in [-0.25, -0.2) is 0 Å². The van der Waals surface area contributed by atoms with Gasteiger partial charge in [-0.2, -0.15) is 28.1 Å². The smallest absolute Gasteiger partial charge is 0.392 e. The number of anilines is 1. The van der Waals surface area contributed by atoms with Gasteiger partial charge in [0.2, 0.25) is 11.2 Å². The summed E-state index contributed by atoms with van der Waals surface area (Å²) in [7, 11) is 0. The number of nitrogens with one attached hydrogen (secondary N) is 1. The monoisotopic (exact) mass is 270 g/mol. The number of nitrogens with zero attached hydrogens (tertiary/aromatic N) is 3. The maximum atomic E-state index is 11.9. The molecule has 0 unspecified atom stereocenters. The Morgan fingerprint density at radius 3 is 2.59 bits per heavy atom. The number of halogens is 4. The summed E-state index contributed by atoms with van der Waals surface area (Å²) in [5.74, 6) is 0.162. The van der Waals surface area contributed by atoms with Crippen molar-refractivity contribution in [3.05, 3.63) is 5.28 Å². The van der Waals surface area contributed by atoms with Crippen molar-refractivity contribution in [2.45, 2.75) is 19.5 Å². The number of aromatic nitrogens is 3. The molecule has 0 saturated heterocycles. The van der Waals surface area contributed by atoms with Gasteiger partial charge >= 0.3 is 12.2 Å². The lowest BCUT2D eigenvalue weighted by Gasteiger charge is -2.08. The van der Waals surface area contributed by atoms with Crippen molar-refractivity contribution in [1.29, 1.82) is 0 Å². The van der Waals surface area contributed by atoms with E-state index < -0.39 is 19.2 Å². The lowest BCUT2D eigenvalue weighted by atomic mass is 10.4. The Morgan fingerprint density at radius 1 is 1.29 bits per heavy atom. The van der Waals surface area contributed by atoms with E-state index in [0.717, 1.165) is 0 Å². The first-order valence-corrected chi connectivity index (χ1v) is 5.13. The van der Waals surface area contributed by atoms with Gasteiger partial charge in [-0.15, -0.1) is 0 Å². The standard InChI is InChI=1S/C8H10ClF3N4O/c1-2-13-6-14-5(9)15-7(16-6)17-4-3-8(10,11)12/h2-4H2,1H3,(H,13,14,15,16). The lowest BCUT2D eigenvalue weighted by molar-refractivity contribution is -0.139. The van der Waals surface area contributed by atoms with Gasteiger partial charge in [-0.1, -0.05) is 0 Å². The van der Waals surface area contributed by atoms with Crippen LogP contribution in [-0.4, -0.2) is 34.3 Å². The first kappa shape index (κ1) is 13.8. The second kappa shape index (κ2) is 5.85. The predicted molar refractivity (Wildman–Crippen MR) is 55.2 cm³/mol. The van der Waals surface area contributed by atoms with Crippen LogP contribution in [0.3, 0.4) is 0 Å². The first-order valence-electron chi connectivity index (χ1n) is 4.75. The molecule has 0 bridgehead atoms. The highest BCUT2D eigenvalue weighted by Gasteiger charge is 2.27. The molecule has 0 spiro atoms. The quantitative estimate of drug-likeness (QED) is 0.889. The molecule has 1 heterocycles. The molecule has 17 heavy (non-hydrogen) atoms. The lowest BCUT2D eigenvalue weighted by Crippen LogP contribution is -2.14. The van der Waals surface area contributed by atoms with E-state index in [-0.39, 0.29) is 17.2 Å². The molecule has 1 aromatic rings. The highest BCUT2D eigenvalue weighted by Crippen LogP contribution is 2.19. The van der Waals surface area contributed by atoms with Crippen molar-refractivity contribution in [3.8, 4) is 6.01 Å². The fraction of sp³-hybridized carbons (Fsp3) is 0.625. The van der Waals surface area contributed by atoms with Crippen molar-refractivity contribution in [2.24, 2.45) is 0 Å². The molecule has 0 aliphatic heterocycles. The molecule has 0 aliphatic rings. The molecule has 0 aliphatic carbocycles. The molecule has 0 amide bonds. The van der Waals surface area contributed by atoms with Gasteiger partial charge in [0.1, 0.15) is 6.61 Å². The van der Waals surface area contributed by atoms with Crippen molar-refractivity contribution in [3.63, 3.8) is 0 Å². The molecule has 96 valence electrons. The summed E-state index contributed by atoms with van der Waals surface area (Å²) in [6.07, 6.45) is -5.35. The van der Waals surface area contributed by atoms with Crippen LogP contribution in [0, 0.1) is 0 Å². The van der Waals surface area contributed by atoms with Crippen LogP contribution < -0.4 is 10.1 Å². The van der Waals surface area contributed by atoms with Gasteiger partial charge in [0.15, 0.2) is 0 Å². The number of alkyl halides is 3. The SMILES string of the molecule is CCNc1nc(Cl)nc(OCCC(F)(F)F)n1. The molecule has 5 nitrogen and oxygen atoms in total. The first-order chi connectivity index (χ1) is 7.90. The maximum absolute atomic E-state index is 11.9. The van der Waals surface area contributed by atoms with E-state index in [9.17, 15) is 13.2 Å². The Balaban J connectivity index is 2.58. The number of rotatable bonds is 5. The Bertz CT molecular complexity index is 374. The minimum Gasteiger partial charge on any atom is -0.463 e. The van der Waals surface area contributed by atoms with E-state index in [4.69, 9.17) is 16.3 Å². The average molecular weight is 271 g/mol. The molecule has 1 N–H and O–H groups in total. The third kappa shape index (κ3) is 5.53. The maximum Gasteiger partial charge on any atom is 0.392 e. The number of hydrogen-bond donors (Lipinski definition) is 1. The molecule has 0 fully saturated rings. The Hall–Kier alpha value is -1.31. The van der Waals surface area contributed by atoms with Crippen LogP contribution in [0.15, 0.2) is 0 Å². The summed E-state index contributed by atoms with van der Waals surface area (Å²) in [5, 5.41) is 2.61. The van der Waals surface area contributed by atoms with E-state index in [1.165, 1.54) is 0 Å². The van der Waals surface area contributed by atoms with Gasteiger partial charge in [0.25, 0.3) is 0 Å². The topological polar surface area (TPSA) is 59.9 Å². The van der Waals surface area contributed by atoms with Crippen LogP contribution in [0.2, 0.25) is 5.28 Å². The summed E-state index contributed by atoms with van der Waals surface area (Å²) >= 11 is 5.55. The zero-order valence-electron chi connectivity index (χ0n) is 8.88. The summed E-state index contributed by atoms with van der Waals surface area (Å²) in [6.45, 7) is 1.79. The molecule has 0 atom stereocenters. The van der Waals surface area contributed by atoms with Gasteiger partial charge in [0.05, 0.1) is 6.42 Å². The molecular weight excluding hydrogens is 261 g/mol. The average Bonchev–Trinajstić information content (AvgIpc) is 2.15. The van der Waals surface area contributed by atoms with Crippen LogP contribution in [0.4, 0.5) is 19.1 Å². The highest BCUT2D eigenvalue weighted by atomic mass is 35.5. The van der Waals surface area contributed by atoms with E-state index in [0.29, 0.717) is 6.54 Å². The fourth-order valence-corrected chi connectivity index (χ4v) is 1.04. The summed E-state index contributed by atoms with van der Waals surface area (Å²) in [5.41, 5.74) is 0. The molecule has 0 saturated carbocycles. The fourth-order valence-electron chi connectivity index (χ4n) is 0.892. The van der Waals surface area contributed by atoms with Crippen LogP contribution >= 0.6 is 11.6 Å². The van der Waals surface area contributed by atoms with E-state index in [2.05, 4.69) is 20.3 Å². The zero-order chi connectivity index (χ0) is 12.9. The Labute approximate surface area is 100 Å². The second-order valence-electron chi connectivity index (χ2n) is 2.95. The van der Waals surface area contributed by atoms with E-state index in [1.54, 1.807) is 0 Å². The van der Waals surface area contributed by atoms with Crippen molar-refractivity contribution in [2.75, 3.05) is 18.5 Å². The summed E-state index contributed by atoms with van der Waals surface area (Å²) in [6, 6.07) is -0.231. The van der Waals surface area contributed by atoms with Crippen molar-refractivity contribution < 1.29 is 17.9 Å². The molecule has 0 radical (unpaired) electrons. The van der Waals surface area contributed by atoms with E-state index >= 15 is 0 Å². The number of hydrogen-bond acceptors (Lipinski definition) is 5. The van der Waals surface area contributed by atoms with Crippen LogP contribution in [0.5, 0.6) is 6.01 Å². The minimum atomic E-state index is -4.28. The Kier molecular flexibility index (Phi) is 4.73. The normalized spacial score (nSPS) is 11.4. The minimum absolute atomic E-state index is 0.141. The van der Waals surface area contributed by atoms with Crippen molar-refractivity contribution >= 4 is 17.5 Å². The molecule has 9 heteroatoms. The molecule has 1 aromatic heterocycles. The third-order valence-corrected chi connectivity index (χ3v) is 1.71. The predicted octanol–water partition coefficient (Wildman–Crippen LogP) is 2.29. The van der Waals surface area contributed by atoms with Crippen LogP contribution in [-0.2, 0) is 0 Å².